The summed E-state index contributed by atoms with van der Waals surface area (Å²) in [5.41, 5.74) is 7.00. The normalized spacial score (nSPS) is 23.0. The molecule has 6 heteroatoms. The summed E-state index contributed by atoms with van der Waals surface area (Å²) in [5, 5.41) is 3.39. The molecule has 118 valence electrons. The Kier molecular flexibility index (Phi) is 5.11. The predicted octanol–water partition coefficient (Wildman–Crippen LogP) is 2.42. The van der Waals surface area contributed by atoms with Gasteiger partial charge in [0.1, 0.15) is 4.90 Å². The summed E-state index contributed by atoms with van der Waals surface area (Å²) in [6.45, 7) is 3.22. The van der Waals surface area contributed by atoms with Gasteiger partial charge in [-0.3, -0.25) is 0 Å². The third kappa shape index (κ3) is 3.89. The highest BCUT2D eigenvalue weighted by atomic mass is 32.2. The van der Waals surface area contributed by atoms with Crippen LogP contribution >= 0.6 is 0 Å². The van der Waals surface area contributed by atoms with Crippen LogP contribution in [0.3, 0.4) is 0 Å². The van der Waals surface area contributed by atoms with Gasteiger partial charge in [0.15, 0.2) is 0 Å². The number of nitrogens with two attached hydrogens (primary N) is 1. The summed E-state index contributed by atoms with van der Waals surface area (Å²) in [6.07, 6.45) is 5.20. The number of anilines is 2. The van der Waals surface area contributed by atoms with Crippen molar-refractivity contribution in [2.24, 2.45) is 11.8 Å². The number of sulfonamides is 1. The van der Waals surface area contributed by atoms with Crippen molar-refractivity contribution in [3.8, 4) is 0 Å². The molecule has 21 heavy (non-hydrogen) atoms. The van der Waals surface area contributed by atoms with Crippen molar-refractivity contribution in [2.45, 2.75) is 37.5 Å². The highest BCUT2D eigenvalue weighted by Gasteiger charge is 2.21. The zero-order valence-corrected chi connectivity index (χ0v) is 13.5. The molecular formula is C15H25N3O2S. The van der Waals surface area contributed by atoms with Crippen LogP contribution in [0.15, 0.2) is 23.1 Å². The Labute approximate surface area is 127 Å². The molecule has 1 aliphatic carbocycles. The highest BCUT2D eigenvalue weighted by molar-refractivity contribution is 7.89. The van der Waals surface area contributed by atoms with E-state index in [4.69, 9.17) is 5.73 Å². The molecule has 0 spiro atoms. The summed E-state index contributed by atoms with van der Waals surface area (Å²) in [5.74, 6) is 1.42. The van der Waals surface area contributed by atoms with Crippen LogP contribution in [-0.4, -0.2) is 22.0 Å². The minimum atomic E-state index is -3.49. The van der Waals surface area contributed by atoms with E-state index in [-0.39, 0.29) is 10.6 Å². The number of nitrogens with one attached hydrogen (secondary N) is 2. The molecule has 1 fully saturated rings. The summed E-state index contributed by atoms with van der Waals surface area (Å²) < 4.78 is 25.8. The average molecular weight is 311 g/mol. The smallest absolute Gasteiger partial charge is 0.242 e. The van der Waals surface area contributed by atoms with Crippen molar-refractivity contribution in [1.82, 2.24) is 4.72 Å². The SMILES string of the molecule is CNS(=O)(=O)c1ccc(NCC2CCCCC2C)cc1N. The fraction of sp³-hybridized carbons (Fsp3) is 0.600. The third-order valence-corrected chi connectivity index (χ3v) is 5.91. The maximum Gasteiger partial charge on any atom is 0.242 e. The molecule has 1 aromatic rings. The van der Waals surface area contributed by atoms with Crippen molar-refractivity contribution in [3.05, 3.63) is 18.2 Å². The Morgan fingerprint density at radius 1 is 1.29 bits per heavy atom. The average Bonchev–Trinajstić information content (AvgIpc) is 2.46. The van der Waals surface area contributed by atoms with Crippen molar-refractivity contribution in [3.63, 3.8) is 0 Å². The molecular weight excluding hydrogens is 286 g/mol. The molecule has 0 aliphatic heterocycles. The Hall–Kier alpha value is -1.27. The second kappa shape index (κ2) is 6.66. The second-order valence-electron chi connectivity index (χ2n) is 5.86. The number of hydrogen-bond donors (Lipinski definition) is 3. The molecule has 0 amide bonds. The molecule has 5 nitrogen and oxygen atoms in total. The van der Waals surface area contributed by atoms with E-state index >= 15 is 0 Å². The standard InChI is InChI=1S/C15H25N3O2S/c1-11-5-3-4-6-12(11)10-18-13-7-8-15(14(16)9-13)21(19,20)17-2/h7-9,11-12,17-18H,3-6,10,16H2,1-2H3. The molecule has 0 saturated heterocycles. The van der Waals surface area contributed by atoms with Gasteiger partial charge in [0.25, 0.3) is 0 Å². The van der Waals surface area contributed by atoms with Crippen molar-refractivity contribution >= 4 is 21.4 Å². The van der Waals surface area contributed by atoms with Gasteiger partial charge in [-0.05, 0) is 43.5 Å². The second-order valence-corrected chi connectivity index (χ2v) is 7.72. The van der Waals surface area contributed by atoms with Crippen LogP contribution in [0, 0.1) is 11.8 Å². The van der Waals surface area contributed by atoms with Gasteiger partial charge >= 0.3 is 0 Å². The fourth-order valence-electron chi connectivity index (χ4n) is 2.96. The van der Waals surface area contributed by atoms with Crippen LogP contribution in [0.1, 0.15) is 32.6 Å². The lowest BCUT2D eigenvalue weighted by Crippen LogP contribution is -2.24. The van der Waals surface area contributed by atoms with E-state index in [2.05, 4.69) is 17.0 Å². The summed E-state index contributed by atoms with van der Waals surface area (Å²) in [7, 11) is -2.11. The number of benzene rings is 1. The van der Waals surface area contributed by atoms with Gasteiger partial charge < -0.3 is 11.1 Å². The van der Waals surface area contributed by atoms with E-state index in [0.717, 1.165) is 18.2 Å². The van der Waals surface area contributed by atoms with Gasteiger partial charge in [0.2, 0.25) is 10.0 Å². The number of hydrogen-bond acceptors (Lipinski definition) is 4. The van der Waals surface area contributed by atoms with Crippen LogP contribution in [0.25, 0.3) is 0 Å². The number of nitrogen functional groups attached to an aromatic ring is 1. The molecule has 1 aromatic carbocycles. The first-order valence-corrected chi connectivity index (χ1v) is 8.99. The monoisotopic (exact) mass is 311 g/mol. The minimum Gasteiger partial charge on any atom is -0.398 e. The van der Waals surface area contributed by atoms with Crippen molar-refractivity contribution in [1.29, 1.82) is 0 Å². The van der Waals surface area contributed by atoms with E-state index in [0.29, 0.717) is 5.92 Å². The first kappa shape index (κ1) is 16.1. The zero-order chi connectivity index (χ0) is 15.5. The van der Waals surface area contributed by atoms with Gasteiger partial charge in [-0.1, -0.05) is 26.2 Å². The highest BCUT2D eigenvalue weighted by Crippen LogP contribution is 2.30. The van der Waals surface area contributed by atoms with Gasteiger partial charge in [0, 0.05) is 12.2 Å². The quantitative estimate of drug-likeness (QED) is 0.729. The van der Waals surface area contributed by atoms with Crippen LogP contribution in [0.4, 0.5) is 11.4 Å². The lowest BCUT2D eigenvalue weighted by Gasteiger charge is -2.29. The first-order valence-electron chi connectivity index (χ1n) is 7.51. The van der Waals surface area contributed by atoms with Crippen LogP contribution < -0.4 is 15.8 Å². The molecule has 2 rings (SSSR count). The zero-order valence-electron chi connectivity index (χ0n) is 12.7. The van der Waals surface area contributed by atoms with Crippen molar-refractivity contribution in [2.75, 3.05) is 24.6 Å². The number of rotatable bonds is 5. The molecule has 0 bridgehead atoms. The van der Waals surface area contributed by atoms with Gasteiger partial charge in [-0.2, -0.15) is 0 Å². The van der Waals surface area contributed by atoms with Gasteiger partial charge in [-0.25, -0.2) is 13.1 Å². The summed E-state index contributed by atoms with van der Waals surface area (Å²) in [6, 6.07) is 5.01. The third-order valence-electron chi connectivity index (χ3n) is 4.43. The first-order chi connectivity index (χ1) is 9.94. The Bertz CT molecular complexity index is 587. The molecule has 2 atom stereocenters. The molecule has 2 unspecified atom stereocenters. The minimum absolute atomic E-state index is 0.126. The van der Waals surface area contributed by atoms with Gasteiger partial charge in [-0.15, -0.1) is 0 Å². The van der Waals surface area contributed by atoms with E-state index in [1.54, 1.807) is 18.2 Å². The maximum atomic E-state index is 11.8. The van der Waals surface area contributed by atoms with Crippen molar-refractivity contribution < 1.29 is 8.42 Å². The van der Waals surface area contributed by atoms with E-state index in [1.807, 2.05) is 0 Å². The fourth-order valence-corrected chi connectivity index (χ4v) is 3.79. The molecule has 0 radical (unpaired) electrons. The lowest BCUT2D eigenvalue weighted by molar-refractivity contribution is 0.268. The summed E-state index contributed by atoms with van der Waals surface area (Å²) in [4.78, 5) is 0.126. The topological polar surface area (TPSA) is 84.2 Å². The largest absolute Gasteiger partial charge is 0.398 e. The Morgan fingerprint density at radius 2 is 2.00 bits per heavy atom. The van der Waals surface area contributed by atoms with E-state index in [9.17, 15) is 8.42 Å². The molecule has 0 heterocycles. The predicted molar refractivity (Wildman–Crippen MR) is 86.7 cm³/mol. The Morgan fingerprint density at radius 3 is 2.62 bits per heavy atom. The Balaban J connectivity index is 2.04. The van der Waals surface area contributed by atoms with Gasteiger partial charge in [0.05, 0.1) is 5.69 Å². The van der Waals surface area contributed by atoms with Crippen LogP contribution in [-0.2, 0) is 10.0 Å². The van der Waals surface area contributed by atoms with E-state index in [1.165, 1.54) is 32.7 Å². The lowest BCUT2D eigenvalue weighted by atomic mass is 9.80. The van der Waals surface area contributed by atoms with Crippen LogP contribution in [0.5, 0.6) is 0 Å². The van der Waals surface area contributed by atoms with Crippen LogP contribution in [0.2, 0.25) is 0 Å². The molecule has 1 saturated carbocycles. The summed E-state index contributed by atoms with van der Waals surface area (Å²) >= 11 is 0. The molecule has 0 aromatic heterocycles. The molecule has 4 N–H and O–H groups in total. The maximum absolute atomic E-state index is 11.8. The molecule has 1 aliphatic rings. The van der Waals surface area contributed by atoms with E-state index < -0.39 is 10.0 Å².